The van der Waals surface area contributed by atoms with Crippen LogP contribution in [0.3, 0.4) is 0 Å². The van der Waals surface area contributed by atoms with E-state index in [4.69, 9.17) is 18.6 Å². The van der Waals surface area contributed by atoms with Crippen LogP contribution in [0.15, 0.2) is 39.9 Å². The number of amides is 3. The largest absolute Gasteiger partial charge is 0.496 e. The first-order valence-corrected chi connectivity index (χ1v) is 9.63. The fourth-order valence-corrected chi connectivity index (χ4v) is 3.57. The van der Waals surface area contributed by atoms with Crippen LogP contribution in [-0.4, -0.2) is 49.8 Å². The van der Waals surface area contributed by atoms with Gasteiger partial charge in [0.25, 0.3) is 11.1 Å². The Morgan fingerprint density at radius 2 is 1.83 bits per heavy atom. The van der Waals surface area contributed by atoms with E-state index in [2.05, 4.69) is 5.32 Å². The minimum Gasteiger partial charge on any atom is -0.496 e. The average molecular weight is 432 g/mol. The maximum absolute atomic E-state index is 12.7. The van der Waals surface area contributed by atoms with Gasteiger partial charge in [-0.05, 0) is 36.0 Å². The standard InChI is InChI=1S/C20H20N2O7S/c1-26-14-9-16(28-3)15(27-2)7-12(14)8-17-19(24)22(20(25)30-17)11-18(23)21-10-13-5-4-6-29-13/h4-9H,10-11H2,1-3H3,(H,21,23)/b17-8-. The number of rotatable bonds is 8. The summed E-state index contributed by atoms with van der Waals surface area (Å²) >= 11 is 0.749. The first-order chi connectivity index (χ1) is 14.5. The number of carbonyl (C=O) groups is 3. The number of thioether (sulfide) groups is 1. The maximum Gasteiger partial charge on any atom is 0.294 e. The molecule has 9 nitrogen and oxygen atoms in total. The van der Waals surface area contributed by atoms with Crippen LogP contribution in [0.5, 0.6) is 17.2 Å². The Morgan fingerprint density at radius 3 is 2.47 bits per heavy atom. The topological polar surface area (TPSA) is 107 Å². The van der Waals surface area contributed by atoms with E-state index in [0.29, 0.717) is 28.6 Å². The van der Waals surface area contributed by atoms with Gasteiger partial charge in [0.1, 0.15) is 18.1 Å². The number of hydrogen-bond donors (Lipinski definition) is 1. The summed E-state index contributed by atoms with van der Waals surface area (Å²) in [4.78, 5) is 38.2. The third-order valence-electron chi connectivity index (χ3n) is 4.24. The number of nitrogens with one attached hydrogen (secondary N) is 1. The summed E-state index contributed by atoms with van der Waals surface area (Å²) in [5, 5.41) is 2.08. The Morgan fingerprint density at radius 1 is 1.13 bits per heavy atom. The predicted octanol–water partition coefficient (Wildman–Crippen LogP) is 2.66. The van der Waals surface area contributed by atoms with E-state index in [1.807, 2.05) is 0 Å². The lowest BCUT2D eigenvalue weighted by Gasteiger charge is -2.13. The molecule has 0 atom stereocenters. The number of carbonyl (C=O) groups excluding carboxylic acids is 3. The van der Waals surface area contributed by atoms with Gasteiger partial charge in [-0.3, -0.25) is 19.3 Å². The van der Waals surface area contributed by atoms with Crippen molar-refractivity contribution < 1.29 is 33.0 Å². The zero-order chi connectivity index (χ0) is 21.7. The fraction of sp³-hybridized carbons (Fsp3) is 0.250. The van der Waals surface area contributed by atoms with Gasteiger partial charge in [0.05, 0.1) is 39.0 Å². The molecule has 158 valence electrons. The van der Waals surface area contributed by atoms with Crippen molar-refractivity contribution in [2.75, 3.05) is 27.9 Å². The minimum absolute atomic E-state index is 0.167. The summed E-state index contributed by atoms with van der Waals surface area (Å²) in [7, 11) is 4.47. The normalized spacial score (nSPS) is 14.9. The van der Waals surface area contributed by atoms with E-state index in [1.165, 1.54) is 33.7 Å². The van der Waals surface area contributed by atoms with E-state index in [1.54, 1.807) is 24.3 Å². The van der Waals surface area contributed by atoms with E-state index in [-0.39, 0.29) is 18.0 Å². The van der Waals surface area contributed by atoms with Crippen molar-refractivity contribution >= 4 is 34.9 Å². The lowest BCUT2D eigenvalue weighted by atomic mass is 10.1. The van der Waals surface area contributed by atoms with Gasteiger partial charge < -0.3 is 23.9 Å². The van der Waals surface area contributed by atoms with Crippen LogP contribution in [0.1, 0.15) is 11.3 Å². The first-order valence-electron chi connectivity index (χ1n) is 8.81. The van der Waals surface area contributed by atoms with Crippen LogP contribution >= 0.6 is 11.8 Å². The Hall–Kier alpha value is -3.40. The zero-order valence-corrected chi connectivity index (χ0v) is 17.4. The number of imide groups is 1. The Balaban J connectivity index is 1.75. The molecule has 30 heavy (non-hydrogen) atoms. The number of furan rings is 1. The SMILES string of the molecule is COc1cc(OC)c(OC)cc1/C=C1\SC(=O)N(CC(=O)NCc2ccco2)C1=O. The molecule has 0 unspecified atom stereocenters. The van der Waals surface area contributed by atoms with E-state index in [9.17, 15) is 14.4 Å². The zero-order valence-electron chi connectivity index (χ0n) is 16.6. The molecule has 3 amide bonds. The highest BCUT2D eigenvalue weighted by Gasteiger charge is 2.36. The highest BCUT2D eigenvalue weighted by Crippen LogP contribution is 2.38. The van der Waals surface area contributed by atoms with Gasteiger partial charge in [0, 0.05) is 11.6 Å². The average Bonchev–Trinajstić information content (AvgIpc) is 3.36. The van der Waals surface area contributed by atoms with Gasteiger partial charge >= 0.3 is 0 Å². The molecule has 0 aliphatic carbocycles. The summed E-state index contributed by atoms with van der Waals surface area (Å²) in [6.07, 6.45) is 3.01. The van der Waals surface area contributed by atoms with Crippen LogP contribution in [0.2, 0.25) is 0 Å². The molecule has 2 heterocycles. The molecule has 10 heteroatoms. The van der Waals surface area contributed by atoms with E-state index in [0.717, 1.165) is 16.7 Å². The lowest BCUT2D eigenvalue weighted by Crippen LogP contribution is -2.39. The van der Waals surface area contributed by atoms with Crippen LogP contribution in [-0.2, 0) is 16.1 Å². The van der Waals surface area contributed by atoms with E-state index >= 15 is 0 Å². The molecule has 0 saturated carbocycles. The van der Waals surface area contributed by atoms with Gasteiger partial charge in [-0.2, -0.15) is 0 Å². The van der Waals surface area contributed by atoms with Crippen LogP contribution < -0.4 is 19.5 Å². The maximum atomic E-state index is 12.7. The summed E-state index contributed by atoms with van der Waals surface area (Å²) in [5.74, 6) is 0.885. The van der Waals surface area contributed by atoms with Crippen molar-refractivity contribution in [2.45, 2.75) is 6.54 Å². The predicted molar refractivity (Wildman–Crippen MR) is 109 cm³/mol. The van der Waals surface area contributed by atoms with Gasteiger partial charge in [-0.1, -0.05) is 0 Å². The molecule has 0 spiro atoms. The Bertz CT molecular complexity index is 985. The lowest BCUT2D eigenvalue weighted by molar-refractivity contribution is -0.129. The number of benzene rings is 1. The minimum atomic E-state index is -0.560. The molecule has 1 aliphatic rings. The number of methoxy groups -OCH3 is 3. The Kier molecular flexibility index (Phi) is 6.68. The summed E-state index contributed by atoms with van der Waals surface area (Å²) < 4.78 is 21.0. The molecular formula is C20H20N2O7S. The summed E-state index contributed by atoms with van der Waals surface area (Å²) in [5.41, 5.74) is 0.530. The number of ether oxygens (including phenoxy) is 3. The van der Waals surface area contributed by atoms with Gasteiger partial charge in [0.15, 0.2) is 11.5 Å². The molecule has 1 saturated heterocycles. The first kappa shape index (κ1) is 21.3. The van der Waals surface area contributed by atoms with Crippen molar-refractivity contribution in [1.82, 2.24) is 10.2 Å². The Labute approximate surface area is 176 Å². The molecule has 1 aromatic carbocycles. The molecule has 1 aliphatic heterocycles. The quantitative estimate of drug-likeness (QED) is 0.635. The third kappa shape index (κ3) is 4.60. The molecule has 0 bridgehead atoms. The second kappa shape index (κ2) is 9.40. The van der Waals surface area contributed by atoms with Gasteiger partial charge in [-0.25, -0.2) is 0 Å². The highest BCUT2D eigenvalue weighted by atomic mass is 32.2. The molecule has 0 radical (unpaired) electrons. The number of hydrogen-bond acceptors (Lipinski definition) is 8. The third-order valence-corrected chi connectivity index (χ3v) is 5.15. The van der Waals surface area contributed by atoms with Crippen LogP contribution in [0.4, 0.5) is 4.79 Å². The molecular weight excluding hydrogens is 412 g/mol. The highest BCUT2D eigenvalue weighted by molar-refractivity contribution is 8.18. The van der Waals surface area contributed by atoms with Crippen LogP contribution in [0.25, 0.3) is 6.08 Å². The second-order valence-electron chi connectivity index (χ2n) is 6.07. The van der Waals surface area contributed by atoms with Gasteiger partial charge in [-0.15, -0.1) is 0 Å². The number of nitrogens with zero attached hydrogens (tertiary/aromatic N) is 1. The molecule has 1 N–H and O–H groups in total. The van der Waals surface area contributed by atoms with Crippen molar-refractivity contribution in [1.29, 1.82) is 0 Å². The van der Waals surface area contributed by atoms with Gasteiger partial charge in [0.2, 0.25) is 5.91 Å². The van der Waals surface area contributed by atoms with Crippen LogP contribution in [0, 0.1) is 0 Å². The smallest absolute Gasteiger partial charge is 0.294 e. The summed E-state index contributed by atoms with van der Waals surface area (Å²) in [6.45, 7) is -0.216. The molecule has 2 aromatic rings. The summed E-state index contributed by atoms with van der Waals surface area (Å²) in [6, 6.07) is 6.67. The molecule has 3 rings (SSSR count). The van der Waals surface area contributed by atoms with Crippen molar-refractivity contribution in [3.63, 3.8) is 0 Å². The van der Waals surface area contributed by atoms with E-state index < -0.39 is 17.1 Å². The molecule has 1 fully saturated rings. The molecule has 1 aromatic heterocycles. The fourth-order valence-electron chi connectivity index (χ4n) is 2.74. The van der Waals surface area contributed by atoms with Crippen molar-refractivity contribution in [2.24, 2.45) is 0 Å². The second-order valence-corrected chi connectivity index (χ2v) is 7.07. The van der Waals surface area contributed by atoms with Crippen molar-refractivity contribution in [3.8, 4) is 17.2 Å². The van der Waals surface area contributed by atoms with Crippen molar-refractivity contribution in [3.05, 3.63) is 46.8 Å². The monoisotopic (exact) mass is 432 g/mol.